The Bertz CT molecular complexity index is 875. The number of amides is 3. The molecule has 0 bridgehead atoms. The van der Waals surface area contributed by atoms with Gasteiger partial charge < -0.3 is 10.2 Å². The van der Waals surface area contributed by atoms with Gasteiger partial charge in [-0.2, -0.15) is 0 Å². The summed E-state index contributed by atoms with van der Waals surface area (Å²) in [7, 11) is 0. The van der Waals surface area contributed by atoms with Crippen molar-refractivity contribution in [1.29, 1.82) is 0 Å². The molecule has 1 aliphatic rings. The van der Waals surface area contributed by atoms with Crippen LogP contribution in [0.5, 0.6) is 0 Å². The topological polar surface area (TPSA) is 74.3 Å². The molecule has 1 aromatic carbocycles. The Kier molecular flexibility index (Phi) is 4.79. The lowest BCUT2D eigenvalue weighted by Crippen LogP contribution is -2.45. The fourth-order valence-electron chi connectivity index (χ4n) is 2.69. The summed E-state index contributed by atoms with van der Waals surface area (Å²) in [4.78, 5) is 29.2. The molecule has 2 aromatic rings. The number of benzene rings is 1. The number of anilines is 1. The number of carbonyl (C=O) groups is 2. The number of rotatable bonds is 4. The number of pyridine rings is 1. The predicted octanol–water partition coefficient (Wildman–Crippen LogP) is 2.72. The van der Waals surface area contributed by atoms with E-state index in [-0.39, 0.29) is 24.5 Å². The van der Waals surface area contributed by atoms with Crippen molar-refractivity contribution in [3.8, 4) is 0 Å². The molecule has 3 amide bonds. The first kappa shape index (κ1) is 17.7. The fourth-order valence-corrected chi connectivity index (χ4v) is 2.69. The Morgan fingerprint density at radius 1 is 1.31 bits per heavy atom. The number of urea groups is 1. The van der Waals surface area contributed by atoms with Crippen LogP contribution in [-0.4, -0.2) is 28.4 Å². The third-order valence-electron chi connectivity index (χ3n) is 3.95. The largest absolute Gasteiger partial charge is 0.348 e. The highest BCUT2D eigenvalue weighted by molar-refractivity contribution is 5.93. The predicted molar refractivity (Wildman–Crippen MR) is 86.5 cm³/mol. The molecule has 136 valence electrons. The summed E-state index contributed by atoms with van der Waals surface area (Å²) in [6, 6.07) is 3.03. The number of hydrogen-bond donors (Lipinski definition) is 2. The average Bonchev–Trinajstić information content (AvgIpc) is 2.55. The second-order valence-corrected chi connectivity index (χ2v) is 5.90. The zero-order valence-electron chi connectivity index (χ0n) is 13.7. The maximum atomic E-state index is 13.8. The van der Waals surface area contributed by atoms with Crippen LogP contribution in [0.1, 0.15) is 24.1 Å². The normalized spacial score (nSPS) is 14.5. The smallest absolute Gasteiger partial charge is 0.323 e. The van der Waals surface area contributed by atoms with Gasteiger partial charge in [-0.05, 0) is 19.1 Å². The first-order chi connectivity index (χ1) is 12.3. The van der Waals surface area contributed by atoms with E-state index in [0.29, 0.717) is 5.56 Å². The number of halogens is 3. The molecule has 0 unspecified atom stereocenters. The minimum atomic E-state index is -0.774. The van der Waals surface area contributed by atoms with Crippen molar-refractivity contribution in [3.05, 3.63) is 59.0 Å². The second-order valence-electron chi connectivity index (χ2n) is 5.90. The molecular formula is C17H15F3N4O2. The van der Waals surface area contributed by atoms with E-state index in [0.717, 1.165) is 18.3 Å². The number of carbonyl (C=O) groups excluding carboxylic acids is 2. The molecule has 1 aliphatic heterocycles. The first-order valence-corrected chi connectivity index (χ1v) is 7.78. The highest BCUT2D eigenvalue weighted by Crippen LogP contribution is 2.22. The van der Waals surface area contributed by atoms with E-state index in [1.807, 2.05) is 0 Å². The minimum Gasteiger partial charge on any atom is -0.348 e. The van der Waals surface area contributed by atoms with Crippen LogP contribution < -0.4 is 10.6 Å². The van der Waals surface area contributed by atoms with Gasteiger partial charge in [0.05, 0.1) is 18.8 Å². The SMILES string of the molecule is C[C@H](NC(=O)CN1Cc2cc(F)cnc2NC1=O)c1ccc(F)cc1F. The Morgan fingerprint density at radius 2 is 2.08 bits per heavy atom. The van der Waals surface area contributed by atoms with Gasteiger partial charge in [0, 0.05) is 17.2 Å². The van der Waals surface area contributed by atoms with E-state index in [9.17, 15) is 22.8 Å². The van der Waals surface area contributed by atoms with Gasteiger partial charge in [-0.25, -0.2) is 22.9 Å². The van der Waals surface area contributed by atoms with Crippen LogP contribution in [0.15, 0.2) is 30.5 Å². The first-order valence-electron chi connectivity index (χ1n) is 7.78. The van der Waals surface area contributed by atoms with Crippen LogP contribution in [-0.2, 0) is 11.3 Å². The van der Waals surface area contributed by atoms with Crippen molar-refractivity contribution in [2.75, 3.05) is 11.9 Å². The molecule has 0 aliphatic carbocycles. The van der Waals surface area contributed by atoms with Crippen molar-refractivity contribution in [1.82, 2.24) is 15.2 Å². The van der Waals surface area contributed by atoms with Gasteiger partial charge in [0.15, 0.2) is 0 Å². The van der Waals surface area contributed by atoms with Gasteiger partial charge in [-0.15, -0.1) is 0 Å². The number of nitrogens with zero attached hydrogens (tertiary/aromatic N) is 2. The molecule has 0 radical (unpaired) electrons. The quantitative estimate of drug-likeness (QED) is 0.876. The molecule has 26 heavy (non-hydrogen) atoms. The van der Waals surface area contributed by atoms with Gasteiger partial charge in [0.25, 0.3) is 0 Å². The van der Waals surface area contributed by atoms with E-state index >= 15 is 0 Å². The fraction of sp³-hybridized carbons (Fsp3) is 0.235. The Labute approximate surface area is 147 Å². The molecule has 9 heteroatoms. The van der Waals surface area contributed by atoms with Crippen LogP contribution in [0, 0.1) is 17.5 Å². The van der Waals surface area contributed by atoms with Crippen molar-refractivity contribution < 1.29 is 22.8 Å². The van der Waals surface area contributed by atoms with Gasteiger partial charge in [0.2, 0.25) is 5.91 Å². The number of nitrogens with one attached hydrogen (secondary N) is 2. The standard InChI is InChI=1S/C17H15F3N4O2/c1-9(13-3-2-11(18)5-14(13)20)22-15(25)8-24-7-10-4-12(19)6-21-16(10)23-17(24)26/h2-6,9H,7-8H2,1H3,(H,22,25)(H,21,23,26)/t9-/m0/s1. The van der Waals surface area contributed by atoms with Crippen LogP contribution in [0.25, 0.3) is 0 Å². The lowest BCUT2D eigenvalue weighted by atomic mass is 10.1. The molecule has 0 saturated carbocycles. The monoisotopic (exact) mass is 364 g/mol. The molecule has 1 aromatic heterocycles. The van der Waals surface area contributed by atoms with Crippen molar-refractivity contribution in [2.45, 2.75) is 19.5 Å². The summed E-state index contributed by atoms with van der Waals surface area (Å²) in [5.74, 6) is -2.33. The molecule has 1 atom stereocenters. The van der Waals surface area contributed by atoms with Gasteiger partial charge in [0.1, 0.15) is 29.8 Å². The van der Waals surface area contributed by atoms with E-state index < -0.39 is 35.4 Å². The van der Waals surface area contributed by atoms with Gasteiger partial charge in [-0.1, -0.05) is 6.07 Å². The zero-order valence-corrected chi connectivity index (χ0v) is 13.7. The molecule has 6 nitrogen and oxygen atoms in total. The molecular weight excluding hydrogens is 349 g/mol. The second kappa shape index (κ2) is 7.03. The lowest BCUT2D eigenvalue weighted by molar-refractivity contribution is -0.122. The third kappa shape index (κ3) is 3.76. The summed E-state index contributed by atoms with van der Waals surface area (Å²) in [6.45, 7) is 1.24. The maximum Gasteiger partial charge on any atom is 0.323 e. The average molecular weight is 364 g/mol. The summed E-state index contributed by atoms with van der Waals surface area (Å²) in [6.07, 6.45) is 0.987. The summed E-state index contributed by atoms with van der Waals surface area (Å²) >= 11 is 0. The lowest BCUT2D eigenvalue weighted by Gasteiger charge is -2.28. The molecule has 3 rings (SSSR count). The third-order valence-corrected chi connectivity index (χ3v) is 3.95. The number of hydrogen-bond acceptors (Lipinski definition) is 3. The van der Waals surface area contributed by atoms with Crippen LogP contribution >= 0.6 is 0 Å². The maximum absolute atomic E-state index is 13.8. The van der Waals surface area contributed by atoms with E-state index in [1.54, 1.807) is 6.92 Å². The molecule has 2 heterocycles. The van der Waals surface area contributed by atoms with E-state index in [2.05, 4.69) is 15.6 Å². The zero-order chi connectivity index (χ0) is 18.8. The highest BCUT2D eigenvalue weighted by atomic mass is 19.1. The molecule has 2 N–H and O–H groups in total. The van der Waals surface area contributed by atoms with E-state index in [4.69, 9.17) is 0 Å². The Morgan fingerprint density at radius 3 is 2.81 bits per heavy atom. The van der Waals surface area contributed by atoms with Crippen LogP contribution in [0.3, 0.4) is 0 Å². The van der Waals surface area contributed by atoms with Crippen LogP contribution in [0.4, 0.5) is 23.8 Å². The molecule has 0 fully saturated rings. The summed E-state index contributed by atoms with van der Waals surface area (Å²) in [5.41, 5.74) is 0.564. The highest BCUT2D eigenvalue weighted by Gasteiger charge is 2.26. The Balaban J connectivity index is 1.65. The van der Waals surface area contributed by atoms with Crippen molar-refractivity contribution in [3.63, 3.8) is 0 Å². The van der Waals surface area contributed by atoms with Crippen LogP contribution in [0.2, 0.25) is 0 Å². The summed E-state index contributed by atoms with van der Waals surface area (Å²) in [5, 5.41) is 5.02. The number of aromatic nitrogens is 1. The van der Waals surface area contributed by atoms with Gasteiger partial charge in [-0.3, -0.25) is 10.1 Å². The van der Waals surface area contributed by atoms with E-state index in [1.165, 1.54) is 17.0 Å². The number of fused-ring (bicyclic) bond motifs is 1. The summed E-state index contributed by atoms with van der Waals surface area (Å²) < 4.78 is 40.0. The minimum absolute atomic E-state index is 0.0125. The molecule has 0 saturated heterocycles. The molecule has 0 spiro atoms. The van der Waals surface area contributed by atoms with Crippen molar-refractivity contribution in [2.24, 2.45) is 0 Å². The van der Waals surface area contributed by atoms with Crippen molar-refractivity contribution >= 4 is 17.8 Å². The Hall–Kier alpha value is -3.10. The van der Waals surface area contributed by atoms with Gasteiger partial charge >= 0.3 is 6.03 Å².